The van der Waals surface area contributed by atoms with Crippen molar-refractivity contribution in [1.29, 1.82) is 0 Å². The van der Waals surface area contributed by atoms with Crippen molar-refractivity contribution in [3.8, 4) is 17.2 Å². The number of phenols is 2. The number of carbonyl (C=O) groups excluding carboxylic acids is 4. The predicted molar refractivity (Wildman–Crippen MR) is 149 cm³/mol. The van der Waals surface area contributed by atoms with Crippen LogP contribution in [0.15, 0.2) is 18.2 Å². The molecule has 0 radical (unpaired) electrons. The number of fused-ring (bicyclic) bond motifs is 3. The van der Waals surface area contributed by atoms with Gasteiger partial charge >= 0.3 is 0 Å². The van der Waals surface area contributed by atoms with Crippen LogP contribution in [0.1, 0.15) is 81.7 Å². The molecule has 0 unspecified atom stereocenters. The van der Waals surface area contributed by atoms with Crippen molar-refractivity contribution >= 4 is 23.3 Å². The van der Waals surface area contributed by atoms with Gasteiger partial charge in [0.25, 0.3) is 0 Å². The largest absolute Gasteiger partial charge is 0.507 e. The minimum Gasteiger partial charge on any atom is -0.507 e. The number of aliphatic hydroxyl groups excluding tert-OH is 2. The number of hydrogen-bond donors (Lipinski definition) is 5. The Morgan fingerprint density at radius 1 is 1.11 bits per heavy atom. The molecule has 2 fully saturated rings. The molecule has 2 aliphatic heterocycles. The van der Waals surface area contributed by atoms with Crippen LogP contribution >= 0.6 is 0 Å². The van der Waals surface area contributed by atoms with E-state index in [2.05, 4.69) is 0 Å². The maximum absolute atomic E-state index is 13.8. The van der Waals surface area contributed by atoms with Gasteiger partial charge in [-0.05, 0) is 19.4 Å². The van der Waals surface area contributed by atoms with E-state index in [1.165, 1.54) is 25.3 Å². The minimum atomic E-state index is -2.28. The normalized spacial score (nSPS) is 29.7. The number of amides is 1. The van der Waals surface area contributed by atoms with E-state index in [9.17, 15) is 44.7 Å². The van der Waals surface area contributed by atoms with Crippen LogP contribution < -0.4 is 4.74 Å². The first-order chi connectivity index (χ1) is 20.9. The monoisotopic (exact) mass is 611 g/mol. The van der Waals surface area contributed by atoms with Crippen molar-refractivity contribution in [3.05, 3.63) is 51.6 Å². The first-order valence-corrected chi connectivity index (χ1v) is 14.4. The lowest BCUT2D eigenvalue weighted by Gasteiger charge is -2.44. The summed E-state index contributed by atoms with van der Waals surface area (Å²) in [6.45, 7) is 1.00. The third-order valence-corrected chi connectivity index (χ3v) is 9.24. The second kappa shape index (κ2) is 10.9. The predicted octanol–water partition coefficient (Wildman–Crippen LogP) is 0.665. The van der Waals surface area contributed by atoms with Crippen molar-refractivity contribution in [2.24, 2.45) is 0 Å². The van der Waals surface area contributed by atoms with E-state index in [0.717, 1.165) is 0 Å². The number of carbonyl (C=O) groups is 4. The van der Waals surface area contributed by atoms with Crippen molar-refractivity contribution in [1.82, 2.24) is 4.90 Å². The van der Waals surface area contributed by atoms with Gasteiger partial charge in [0.1, 0.15) is 35.6 Å². The molecular weight excluding hydrogens is 578 g/mol. The standard InChI is InChI=1S/C31H33NO12/c1-13-26(36)16(32-8-4-7-20(32)35)9-21(43-13)44-18-11-31(41,19(34)12-33)10-15-23(18)30(40)25-24(28(15)38)27(37)14-5-3-6-17(42-2)22(14)29(25)39/h3,5-6,13,16,18,21,26,33,36,38,40-41H,4,7-12H2,1-2H3/t13-,16-,18-,21-,26+,31-/m0/s1. The maximum Gasteiger partial charge on any atom is 0.222 e. The Bertz CT molecular complexity index is 1590. The van der Waals surface area contributed by atoms with Crippen molar-refractivity contribution < 1.29 is 58.9 Å². The van der Waals surface area contributed by atoms with E-state index in [-0.39, 0.29) is 40.3 Å². The Morgan fingerprint density at radius 2 is 1.84 bits per heavy atom. The summed E-state index contributed by atoms with van der Waals surface area (Å²) in [5, 5.41) is 55.0. The highest BCUT2D eigenvalue weighted by atomic mass is 16.7. The number of phenolic OH excluding ortho intramolecular Hbond substituents is 2. The van der Waals surface area contributed by atoms with Crippen LogP contribution in [0.2, 0.25) is 0 Å². The zero-order chi connectivity index (χ0) is 31.7. The number of likely N-dealkylation sites (tertiary alicyclic amines) is 1. The molecule has 13 nitrogen and oxygen atoms in total. The van der Waals surface area contributed by atoms with Crippen molar-refractivity contribution in [3.63, 3.8) is 0 Å². The number of ketones is 3. The van der Waals surface area contributed by atoms with Crippen LogP contribution in [-0.2, 0) is 25.5 Å². The van der Waals surface area contributed by atoms with Gasteiger partial charge in [-0.25, -0.2) is 0 Å². The van der Waals surface area contributed by atoms with E-state index >= 15 is 0 Å². The molecule has 6 atom stereocenters. The Balaban J connectivity index is 1.46. The molecule has 6 rings (SSSR count). The van der Waals surface area contributed by atoms with Crippen LogP contribution in [0, 0.1) is 0 Å². The lowest BCUT2D eigenvalue weighted by molar-refractivity contribution is -0.257. The summed E-state index contributed by atoms with van der Waals surface area (Å²) in [5.41, 5.74) is -3.75. The summed E-state index contributed by atoms with van der Waals surface area (Å²) in [6, 6.07) is 3.70. The highest BCUT2D eigenvalue weighted by Crippen LogP contribution is 2.52. The zero-order valence-electron chi connectivity index (χ0n) is 24.1. The van der Waals surface area contributed by atoms with Gasteiger partial charge in [0.15, 0.2) is 17.9 Å². The number of hydrogen-bond acceptors (Lipinski definition) is 12. The summed E-state index contributed by atoms with van der Waals surface area (Å²) in [4.78, 5) is 54.3. The average molecular weight is 612 g/mol. The molecule has 2 aliphatic carbocycles. The second-order valence-corrected chi connectivity index (χ2v) is 11.8. The number of rotatable bonds is 6. The number of aliphatic hydroxyl groups is 3. The molecule has 0 aromatic heterocycles. The molecule has 2 saturated heterocycles. The molecule has 0 spiro atoms. The zero-order valence-corrected chi connectivity index (χ0v) is 24.1. The van der Waals surface area contributed by atoms with Gasteiger partial charge in [-0.3, -0.25) is 19.2 Å². The minimum absolute atomic E-state index is 0.00906. The smallest absolute Gasteiger partial charge is 0.222 e. The van der Waals surface area contributed by atoms with Crippen LogP contribution in [0.3, 0.4) is 0 Å². The number of Topliss-reactive ketones (excluding diaryl/α,β-unsaturated/α-hetero) is 1. The second-order valence-electron chi connectivity index (χ2n) is 11.8. The highest BCUT2D eigenvalue weighted by molar-refractivity contribution is 6.31. The van der Waals surface area contributed by atoms with E-state index in [1.54, 1.807) is 11.8 Å². The summed E-state index contributed by atoms with van der Waals surface area (Å²) in [6.07, 6.45) is -4.43. The topological polar surface area (TPSA) is 200 Å². The number of benzene rings is 2. The van der Waals surface area contributed by atoms with Gasteiger partial charge in [-0.2, -0.15) is 0 Å². The summed E-state index contributed by atoms with van der Waals surface area (Å²) >= 11 is 0. The molecule has 234 valence electrons. The lowest BCUT2D eigenvalue weighted by atomic mass is 9.72. The van der Waals surface area contributed by atoms with Gasteiger partial charge in [-0.15, -0.1) is 0 Å². The Hall–Kier alpha value is -3.88. The number of aromatic hydroxyl groups is 2. The first kappa shape index (κ1) is 30.2. The lowest BCUT2D eigenvalue weighted by Crippen LogP contribution is -2.56. The fourth-order valence-electron chi connectivity index (χ4n) is 7.02. The fraction of sp³-hybridized carbons (Fsp3) is 0.484. The molecule has 5 N–H and O–H groups in total. The third-order valence-electron chi connectivity index (χ3n) is 9.24. The Labute approximate surface area is 251 Å². The number of ether oxygens (including phenoxy) is 3. The van der Waals surface area contributed by atoms with Crippen molar-refractivity contribution in [2.75, 3.05) is 20.3 Å². The number of methoxy groups -OCH3 is 1. The third kappa shape index (κ3) is 4.49. The average Bonchev–Trinajstić information content (AvgIpc) is 3.43. The fourth-order valence-corrected chi connectivity index (χ4v) is 7.02. The molecule has 1 amide bonds. The quantitative estimate of drug-likeness (QED) is 0.244. The van der Waals surface area contributed by atoms with Crippen LogP contribution in [0.25, 0.3) is 0 Å². The van der Waals surface area contributed by atoms with Gasteiger partial charge in [0, 0.05) is 48.9 Å². The Kier molecular flexibility index (Phi) is 7.49. The SMILES string of the molecule is COc1cccc2c1C(=O)c1c(O)c3c(c(O)c1C2=O)C[C@@](O)(C(=O)CO)C[C@@H]3O[C@H]1C[C@H](N2CCCC2=O)[C@H](O)[C@H](C)O1. The van der Waals surface area contributed by atoms with Crippen LogP contribution in [-0.4, -0.2) is 104 Å². The van der Waals surface area contributed by atoms with Crippen LogP contribution in [0.5, 0.6) is 17.2 Å². The molecule has 2 heterocycles. The molecule has 0 saturated carbocycles. The van der Waals surface area contributed by atoms with E-state index in [4.69, 9.17) is 14.2 Å². The number of nitrogens with zero attached hydrogens (tertiary/aromatic N) is 1. The Morgan fingerprint density at radius 3 is 2.50 bits per heavy atom. The molecule has 4 aliphatic rings. The van der Waals surface area contributed by atoms with E-state index < -0.39 is 95.7 Å². The van der Waals surface area contributed by atoms with Crippen LogP contribution in [0.4, 0.5) is 0 Å². The van der Waals surface area contributed by atoms with Gasteiger partial charge < -0.3 is 44.6 Å². The van der Waals surface area contributed by atoms with E-state index in [1.807, 2.05) is 0 Å². The van der Waals surface area contributed by atoms with Gasteiger partial charge in [0.05, 0.1) is 42.0 Å². The molecule has 0 bridgehead atoms. The highest BCUT2D eigenvalue weighted by Gasteiger charge is 2.51. The summed E-state index contributed by atoms with van der Waals surface area (Å²) in [5.74, 6) is -3.98. The summed E-state index contributed by atoms with van der Waals surface area (Å²) in [7, 11) is 1.32. The molecular formula is C31H33NO12. The molecule has 2 aromatic carbocycles. The maximum atomic E-state index is 13.8. The first-order valence-electron chi connectivity index (χ1n) is 14.4. The molecule has 13 heteroatoms. The van der Waals surface area contributed by atoms with E-state index in [0.29, 0.717) is 19.4 Å². The van der Waals surface area contributed by atoms with Gasteiger partial charge in [-0.1, -0.05) is 12.1 Å². The molecule has 2 aromatic rings. The molecule has 44 heavy (non-hydrogen) atoms. The van der Waals surface area contributed by atoms with Gasteiger partial charge in [0.2, 0.25) is 11.7 Å². The summed E-state index contributed by atoms with van der Waals surface area (Å²) < 4.78 is 17.4. The van der Waals surface area contributed by atoms with Crippen molar-refractivity contribution in [2.45, 2.75) is 75.3 Å².